The molecule has 0 N–H and O–H groups in total. The normalized spacial score (nSPS) is 15.2. The molecule has 192 valence electrons. The fourth-order valence-electron chi connectivity index (χ4n) is 4.33. The Labute approximate surface area is 229 Å². The highest BCUT2D eigenvalue weighted by Crippen LogP contribution is 2.31. The van der Waals surface area contributed by atoms with Crippen LogP contribution in [-0.2, 0) is 9.53 Å². The van der Waals surface area contributed by atoms with Gasteiger partial charge in [0.1, 0.15) is 11.5 Å². The SMILES string of the molecule is CCOC(=O)C1=C(C)N=c2s/c(=C\c3ccc(-c4ccccc4C(=O)[O-])o3)c(=O)n2[C@H]1c1ccc(Br)cc1. The summed E-state index contributed by atoms with van der Waals surface area (Å²) in [5, 5.41) is 11.5. The van der Waals surface area contributed by atoms with E-state index in [4.69, 9.17) is 9.15 Å². The Balaban J connectivity index is 1.64. The minimum absolute atomic E-state index is 0.00393. The maximum absolute atomic E-state index is 13.7. The van der Waals surface area contributed by atoms with Crippen molar-refractivity contribution in [3.63, 3.8) is 0 Å². The maximum atomic E-state index is 13.7. The predicted octanol–water partition coefficient (Wildman–Crippen LogP) is 3.18. The quantitative estimate of drug-likeness (QED) is 0.318. The molecule has 38 heavy (non-hydrogen) atoms. The summed E-state index contributed by atoms with van der Waals surface area (Å²) >= 11 is 4.60. The second kappa shape index (κ2) is 10.4. The first-order chi connectivity index (χ1) is 18.3. The summed E-state index contributed by atoms with van der Waals surface area (Å²) in [5.41, 5.74) is 1.54. The molecule has 8 nitrogen and oxygen atoms in total. The first-order valence-corrected chi connectivity index (χ1v) is 13.2. The molecule has 4 aromatic rings. The Bertz CT molecular complexity index is 1780. The summed E-state index contributed by atoms with van der Waals surface area (Å²) in [7, 11) is 0. The van der Waals surface area contributed by atoms with E-state index < -0.39 is 18.0 Å². The fraction of sp³-hybridized carbons (Fsp3) is 0.143. The van der Waals surface area contributed by atoms with E-state index in [-0.39, 0.29) is 17.7 Å². The van der Waals surface area contributed by atoms with Crippen LogP contribution in [0.2, 0.25) is 0 Å². The third-order valence-corrected chi connectivity index (χ3v) is 7.53. The van der Waals surface area contributed by atoms with Crippen LogP contribution < -0.4 is 20.0 Å². The van der Waals surface area contributed by atoms with E-state index in [9.17, 15) is 19.5 Å². The number of aromatic nitrogens is 1. The van der Waals surface area contributed by atoms with Crippen molar-refractivity contribution in [2.45, 2.75) is 19.9 Å². The van der Waals surface area contributed by atoms with Crippen LogP contribution in [0.4, 0.5) is 0 Å². The van der Waals surface area contributed by atoms with E-state index >= 15 is 0 Å². The van der Waals surface area contributed by atoms with Crippen molar-refractivity contribution in [3.8, 4) is 11.3 Å². The molecular weight excluding hydrogens is 572 g/mol. The molecule has 1 aliphatic heterocycles. The van der Waals surface area contributed by atoms with Gasteiger partial charge in [0.05, 0.1) is 34.4 Å². The molecule has 1 atom stereocenters. The van der Waals surface area contributed by atoms with Crippen LogP contribution in [0.25, 0.3) is 17.4 Å². The largest absolute Gasteiger partial charge is 0.545 e. The first kappa shape index (κ1) is 25.6. The molecule has 5 rings (SSSR count). The molecule has 0 saturated carbocycles. The van der Waals surface area contributed by atoms with Gasteiger partial charge in [0.2, 0.25) is 0 Å². The maximum Gasteiger partial charge on any atom is 0.338 e. The average molecular weight is 592 g/mol. The van der Waals surface area contributed by atoms with E-state index in [0.717, 1.165) is 10.0 Å². The topological polar surface area (TPSA) is 114 Å². The van der Waals surface area contributed by atoms with Gasteiger partial charge in [-0.15, -0.1) is 0 Å². The number of fused-ring (bicyclic) bond motifs is 1. The van der Waals surface area contributed by atoms with Crippen molar-refractivity contribution in [1.29, 1.82) is 0 Å². The number of carboxylic acid groups (broad SMARTS) is 1. The fourth-order valence-corrected chi connectivity index (χ4v) is 5.62. The van der Waals surface area contributed by atoms with Crippen molar-refractivity contribution in [3.05, 3.63) is 113 Å². The zero-order chi connectivity index (χ0) is 27.0. The van der Waals surface area contributed by atoms with Gasteiger partial charge in [0.15, 0.2) is 4.80 Å². The summed E-state index contributed by atoms with van der Waals surface area (Å²) in [6, 6.07) is 16.3. The minimum Gasteiger partial charge on any atom is -0.545 e. The van der Waals surface area contributed by atoms with Crippen LogP contribution in [0.15, 0.2) is 90.6 Å². The number of carbonyl (C=O) groups excluding carboxylic acids is 2. The van der Waals surface area contributed by atoms with Gasteiger partial charge in [-0.05, 0) is 43.7 Å². The van der Waals surface area contributed by atoms with Crippen LogP contribution in [0.1, 0.15) is 41.6 Å². The summed E-state index contributed by atoms with van der Waals surface area (Å²) in [4.78, 5) is 43.2. The van der Waals surface area contributed by atoms with Crippen molar-refractivity contribution in [2.75, 3.05) is 6.61 Å². The Morgan fingerprint density at radius 2 is 1.89 bits per heavy atom. The Morgan fingerprint density at radius 3 is 2.61 bits per heavy atom. The standard InChI is InChI=1S/C28H21BrN2O6S/c1-3-36-27(35)23-15(2)30-28-31(24(23)16-8-10-17(29)11-9-16)25(32)22(38-28)14-18-12-13-21(37-18)19-6-4-5-7-20(19)26(33)34/h4-14,24H,3H2,1-2H3,(H,33,34)/p-1/b22-14-/t24-/m0/s1. The van der Waals surface area contributed by atoms with Crippen LogP contribution in [-0.4, -0.2) is 23.1 Å². The van der Waals surface area contributed by atoms with Crippen LogP contribution in [0.3, 0.4) is 0 Å². The summed E-state index contributed by atoms with van der Waals surface area (Å²) in [5.74, 6) is -1.15. The number of rotatable bonds is 6. The van der Waals surface area contributed by atoms with Gasteiger partial charge in [0.25, 0.3) is 5.56 Å². The van der Waals surface area contributed by atoms with Gasteiger partial charge >= 0.3 is 5.97 Å². The second-order valence-electron chi connectivity index (χ2n) is 8.39. The highest BCUT2D eigenvalue weighted by atomic mass is 79.9. The van der Waals surface area contributed by atoms with E-state index in [1.807, 2.05) is 24.3 Å². The minimum atomic E-state index is -1.31. The lowest BCUT2D eigenvalue weighted by molar-refractivity contribution is -0.255. The number of halogens is 1. The summed E-state index contributed by atoms with van der Waals surface area (Å²) < 4.78 is 13.9. The highest BCUT2D eigenvalue weighted by Gasteiger charge is 2.33. The van der Waals surface area contributed by atoms with Gasteiger partial charge in [-0.25, -0.2) is 9.79 Å². The molecule has 3 heterocycles. The third kappa shape index (κ3) is 4.68. The lowest BCUT2D eigenvalue weighted by Gasteiger charge is -2.24. The number of hydrogen-bond donors (Lipinski definition) is 0. The number of carbonyl (C=O) groups is 2. The molecular formula is C28H20BrN2O6S-. The molecule has 10 heteroatoms. The number of hydrogen-bond acceptors (Lipinski definition) is 8. The Morgan fingerprint density at radius 1 is 1.16 bits per heavy atom. The first-order valence-electron chi connectivity index (χ1n) is 11.6. The monoisotopic (exact) mass is 591 g/mol. The van der Waals surface area contributed by atoms with E-state index in [2.05, 4.69) is 20.9 Å². The van der Waals surface area contributed by atoms with Crippen molar-refractivity contribution in [1.82, 2.24) is 4.57 Å². The number of nitrogens with zero attached hydrogens (tertiary/aromatic N) is 2. The average Bonchev–Trinajstić information content (AvgIpc) is 3.48. The smallest absolute Gasteiger partial charge is 0.338 e. The number of furan rings is 1. The third-order valence-electron chi connectivity index (χ3n) is 6.02. The van der Waals surface area contributed by atoms with Crippen molar-refractivity contribution in [2.24, 2.45) is 4.99 Å². The molecule has 2 aromatic carbocycles. The van der Waals surface area contributed by atoms with Crippen molar-refractivity contribution >= 4 is 45.3 Å². The molecule has 0 spiro atoms. The van der Waals surface area contributed by atoms with Crippen LogP contribution >= 0.6 is 27.3 Å². The molecule has 0 radical (unpaired) electrons. The second-order valence-corrected chi connectivity index (χ2v) is 10.3. The van der Waals surface area contributed by atoms with Crippen LogP contribution in [0, 0.1) is 0 Å². The molecule has 0 fully saturated rings. The Hall–Kier alpha value is -4.02. The zero-order valence-corrected chi connectivity index (χ0v) is 22.7. The molecule has 0 unspecified atom stereocenters. The molecule has 0 aliphatic carbocycles. The van der Waals surface area contributed by atoms with E-state index in [0.29, 0.717) is 37.7 Å². The Kier molecular flexibility index (Phi) is 7.00. The highest BCUT2D eigenvalue weighted by molar-refractivity contribution is 9.10. The van der Waals surface area contributed by atoms with Gasteiger partial charge in [-0.2, -0.15) is 0 Å². The molecule has 1 aliphatic rings. The number of ether oxygens (including phenoxy) is 1. The summed E-state index contributed by atoms with van der Waals surface area (Å²) in [6.07, 6.45) is 1.58. The lowest BCUT2D eigenvalue weighted by Crippen LogP contribution is -2.39. The number of allylic oxidation sites excluding steroid dienone is 1. The molecule has 2 aromatic heterocycles. The predicted molar refractivity (Wildman–Crippen MR) is 143 cm³/mol. The summed E-state index contributed by atoms with van der Waals surface area (Å²) in [6.45, 7) is 3.64. The lowest BCUT2D eigenvalue weighted by atomic mass is 9.96. The number of thiazole rings is 1. The molecule has 0 saturated heterocycles. The molecule has 0 bridgehead atoms. The van der Waals surface area contributed by atoms with Crippen LogP contribution in [0.5, 0.6) is 0 Å². The van der Waals surface area contributed by atoms with E-state index in [1.165, 1.54) is 22.0 Å². The van der Waals surface area contributed by atoms with E-state index in [1.54, 1.807) is 50.3 Å². The number of aromatic carboxylic acids is 1. The number of esters is 1. The van der Waals surface area contributed by atoms with Gasteiger partial charge < -0.3 is 19.1 Å². The van der Waals surface area contributed by atoms with Gasteiger partial charge in [-0.1, -0.05) is 63.7 Å². The molecule has 0 amide bonds. The van der Waals surface area contributed by atoms with Crippen molar-refractivity contribution < 1.29 is 23.8 Å². The van der Waals surface area contributed by atoms with Gasteiger partial charge in [0, 0.05) is 21.7 Å². The van der Waals surface area contributed by atoms with Gasteiger partial charge in [-0.3, -0.25) is 9.36 Å². The zero-order valence-electron chi connectivity index (χ0n) is 20.3. The number of benzene rings is 2. The number of carboxylic acids is 1.